The average Bonchev–Trinajstić information content (AvgIpc) is 2.63. The Balaban J connectivity index is 1.45. The van der Waals surface area contributed by atoms with Crippen molar-refractivity contribution in [2.24, 2.45) is 5.73 Å². The SMILES string of the molecule is Cc1ccc(N2CCN(CCOc3ccccc3C(N)=O)CC2)cc1. The van der Waals surface area contributed by atoms with E-state index in [1.807, 2.05) is 6.07 Å². The number of benzene rings is 2. The highest BCUT2D eigenvalue weighted by Crippen LogP contribution is 2.18. The van der Waals surface area contributed by atoms with E-state index >= 15 is 0 Å². The van der Waals surface area contributed by atoms with Gasteiger partial charge in [-0.05, 0) is 31.2 Å². The molecule has 0 unspecified atom stereocenters. The smallest absolute Gasteiger partial charge is 0.252 e. The largest absolute Gasteiger partial charge is 0.491 e. The minimum absolute atomic E-state index is 0.437. The minimum atomic E-state index is -0.456. The van der Waals surface area contributed by atoms with Crippen molar-refractivity contribution in [3.05, 3.63) is 59.7 Å². The van der Waals surface area contributed by atoms with Gasteiger partial charge in [-0.1, -0.05) is 29.8 Å². The number of nitrogens with zero attached hydrogens (tertiary/aromatic N) is 2. The number of anilines is 1. The summed E-state index contributed by atoms with van der Waals surface area (Å²) in [6.07, 6.45) is 0. The van der Waals surface area contributed by atoms with E-state index in [1.165, 1.54) is 11.3 Å². The van der Waals surface area contributed by atoms with Crippen LogP contribution in [0.3, 0.4) is 0 Å². The lowest BCUT2D eigenvalue weighted by molar-refractivity contribution is 0.0995. The summed E-state index contributed by atoms with van der Waals surface area (Å²) < 4.78 is 5.77. The Morgan fingerprint density at radius 3 is 2.40 bits per heavy atom. The molecule has 1 heterocycles. The third kappa shape index (κ3) is 4.51. The second-order valence-corrected chi connectivity index (χ2v) is 6.37. The molecule has 1 fully saturated rings. The number of para-hydroxylation sites is 1. The van der Waals surface area contributed by atoms with Crippen LogP contribution in [-0.4, -0.2) is 50.1 Å². The van der Waals surface area contributed by atoms with E-state index in [4.69, 9.17) is 10.5 Å². The molecule has 2 aromatic carbocycles. The second kappa shape index (κ2) is 8.03. The highest BCUT2D eigenvalue weighted by Gasteiger charge is 2.17. The van der Waals surface area contributed by atoms with Crippen molar-refractivity contribution < 1.29 is 9.53 Å². The summed E-state index contributed by atoms with van der Waals surface area (Å²) in [7, 11) is 0. The summed E-state index contributed by atoms with van der Waals surface area (Å²) in [5.41, 5.74) is 8.39. The highest BCUT2D eigenvalue weighted by molar-refractivity contribution is 5.95. The van der Waals surface area contributed by atoms with Crippen LogP contribution in [0.2, 0.25) is 0 Å². The summed E-state index contributed by atoms with van der Waals surface area (Å²) >= 11 is 0. The number of ether oxygens (including phenoxy) is 1. The standard InChI is InChI=1S/C20H25N3O2/c1-16-6-8-17(9-7-16)23-12-10-22(11-13-23)14-15-25-19-5-3-2-4-18(19)20(21)24/h2-9H,10-15H2,1H3,(H2,21,24). The maximum atomic E-state index is 11.4. The molecule has 2 aromatic rings. The van der Waals surface area contributed by atoms with E-state index in [2.05, 4.69) is 41.0 Å². The number of primary amides is 1. The van der Waals surface area contributed by atoms with Crippen molar-refractivity contribution in [1.29, 1.82) is 0 Å². The summed E-state index contributed by atoms with van der Waals surface area (Å²) in [5.74, 6) is 0.107. The van der Waals surface area contributed by atoms with E-state index in [1.54, 1.807) is 18.2 Å². The van der Waals surface area contributed by atoms with Gasteiger partial charge in [-0.3, -0.25) is 9.69 Å². The van der Waals surface area contributed by atoms with E-state index < -0.39 is 5.91 Å². The number of aryl methyl sites for hydroxylation is 1. The number of hydrogen-bond donors (Lipinski definition) is 1. The van der Waals surface area contributed by atoms with Gasteiger partial charge in [-0.15, -0.1) is 0 Å². The zero-order chi connectivity index (χ0) is 17.6. The zero-order valence-electron chi connectivity index (χ0n) is 14.6. The van der Waals surface area contributed by atoms with E-state index in [0.717, 1.165) is 32.7 Å². The molecule has 5 nitrogen and oxygen atoms in total. The van der Waals surface area contributed by atoms with Crippen LogP contribution in [0.4, 0.5) is 5.69 Å². The first-order valence-corrected chi connectivity index (χ1v) is 8.69. The maximum Gasteiger partial charge on any atom is 0.252 e. The van der Waals surface area contributed by atoms with Crippen molar-refractivity contribution in [3.63, 3.8) is 0 Å². The second-order valence-electron chi connectivity index (χ2n) is 6.37. The summed E-state index contributed by atoms with van der Waals surface area (Å²) in [6, 6.07) is 15.8. The monoisotopic (exact) mass is 339 g/mol. The molecule has 1 saturated heterocycles. The Morgan fingerprint density at radius 2 is 1.72 bits per heavy atom. The molecule has 0 saturated carbocycles. The molecule has 3 rings (SSSR count). The molecule has 0 aliphatic carbocycles. The molecule has 132 valence electrons. The number of amides is 1. The van der Waals surface area contributed by atoms with Gasteiger partial charge in [-0.2, -0.15) is 0 Å². The van der Waals surface area contributed by atoms with Crippen LogP contribution < -0.4 is 15.4 Å². The van der Waals surface area contributed by atoms with Crippen LogP contribution in [0.15, 0.2) is 48.5 Å². The van der Waals surface area contributed by atoms with Gasteiger partial charge in [0.1, 0.15) is 12.4 Å². The van der Waals surface area contributed by atoms with Gasteiger partial charge < -0.3 is 15.4 Å². The van der Waals surface area contributed by atoms with Crippen LogP contribution in [0.1, 0.15) is 15.9 Å². The molecule has 2 N–H and O–H groups in total. The van der Waals surface area contributed by atoms with Crippen molar-refractivity contribution in [3.8, 4) is 5.75 Å². The molecule has 25 heavy (non-hydrogen) atoms. The fourth-order valence-corrected chi connectivity index (χ4v) is 3.07. The third-order valence-electron chi connectivity index (χ3n) is 4.59. The first kappa shape index (κ1) is 17.3. The van der Waals surface area contributed by atoms with Crippen LogP contribution in [0.5, 0.6) is 5.75 Å². The van der Waals surface area contributed by atoms with Gasteiger partial charge in [-0.25, -0.2) is 0 Å². The van der Waals surface area contributed by atoms with Gasteiger partial charge >= 0.3 is 0 Å². The Hall–Kier alpha value is -2.53. The van der Waals surface area contributed by atoms with Gasteiger partial charge in [0.05, 0.1) is 5.56 Å². The van der Waals surface area contributed by atoms with Gasteiger partial charge in [0, 0.05) is 38.4 Å². The number of carbonyl (C=O) groups excluding carboxylic acids is 1. The summed E-state index contributed by atoms with van der Waals surface area (Å²) in [5, 5.41) is 0. The summed E-state index contributed by atoms with van der Waals surface area (Å²) in [6.45, 7) is 7.55. The summed E-state index contributed by atoms with van der Waals surface area (Å²) in [4.78, 5) is 16.2. The normalized spacial score (nSPS) is 15.2. The fourth-order valence-electron chi connectivity index (χ4n) is 3.07. The van der Waals surface area contributed by atoms with Crippen molar-refractivity contribution in [2.75, 3.05) is 44.2 Å². The van der Waals surface area contributed by atoms with E-state index in [-0.39, 0.29) is 0 Å². The predicted molar refractivity (Wildman–Crippen MR) is 100 cm³/mol. The van der Waals surface area contributed by atoms with Crippen LogP contribution in [0, 0.1) is 6.92 Å². The fraction of sp³-hybridized carbons (Fsp3) is 0.350. The van der Waals surface area contributed by atoms with Crippen LogP contribution in [0.25, 0.3) is 0 Å². The van der Waals surface area contributed by atoms with E-state index in [0.29, 0.717) is 17.9 Å². The lowest BCUT2D eigenvalue weighted by Gasteiger charge is -2.36. The molecule has 1 aliphatic heterocycles. The van der Waals surface area contributed by atoms with E-state index in [9.17, 15) is 4.79 Å². The van der Waals surface area contributed by atoms with Gasteiger partial charge in [0.15, 0.2) is 0 Å². The lowest BCUT2D eigenvalue weighted by Crippen LogP contribution is -2.47. The van der Waals surface area contributed by atoms with Crippen molar-refractivity contribution in [1.82, 2.24) is 4.90 Å². The zero-order valence-corrected chi connectivity index (χ0v) is 14.6. The average molecular weight is 339 g/mol. The molecule has 0 radical (unpaired) electrons. The van der Waals surface area contributed by atoms with Crippen molar-refractivity contribution >= 4 is 11.6 Å². The van der Waals surface area contributed by atoms with Crippen LogP contribution in [-0.2, 0) is 0 Å². The predicted octanol–water partition coefficient (Wildman–Crippen LogP) is 2.29. The Bertz CT molecular complexity index is 707. The van der Waals surface area contributed by atoms with Crippen LogP contribution >= 0.6 is 0 Å². The van der Waals surface area contributed by atoms with Gasteiger partial charge in [0.2, 0.25) is 0 Å². The number of piperazine rings is 1. The first-order valence-electron chi connectivity index (χ1n) is 8.69. The number of hydrogen-bond acceptors (Lipinski definition) is 4. The number of nitrogens with two attached hydrogens (primary N) is 1. The number of rotatable bonds is 6. The van der Waals surface area contributed by atoms with Gasteiger partial charge in [0.25, 0.3) is 5.91 Å². The molecule has 0 spiro atoms. The molecular weight excluding hydrogens is 314 g/mol. The minimum Gasteiger partial charge on any atom is -0.491 e. The maximum absolute atomic E-state index is 11.4. The molecule has 0 atom stereocenters. The molecule has 1 amide bonds. The topological polar surface area (TPSA) is 58.8 Å². The number of carbonyl (C=O) groups is 1. The molecule has 1 aliphatic rings. The first-order chi connectivity index (χ1) is 12.1. The molecule has 5 heteroatoms. The Kier molecular flexibility index (Phi) is 5.56. The third-order valence-corrected chi connectivity index (χ3v) is 4.59. The quantitative estimate of drug-likeness (QED) is 0.877. The molecule has 0 aromatic heterocycles. The Labute approximate surface area is 149 Å². The Morgan fingerprint density at radius 1 is 1.04 bits per heavy atom. The lowest BCUT2D eigenvalue weighted by atomic mass is 10.2. The molecule has 0 bridgehead atoms. The highest BCUT2D eigenvalue weighted by atomic mass is 16.5. The van der Waals surface area contributed by atoms with Crippen molar-refractivity contribution in [2.45, 2.75) is 6.92 Å². The molecular formula is C20H25N3O2.